The van der Waals surface area contributed by atoms with Crippen LogP contribution in [0.15, 0.2) is 18.5 Å². The van der Waals surface area contributed by atoms with Gasteiger partial charge in [-0.3, -0.25) is 0 Å². The molecule has 2 heterocycles. The summed E-state index contributed by atoms with van der Waals surface area (Å²) in [6.45, 7) is 2.36. The standard InChI is InChI=1S/C15H18FN5O2/c1-9-5-13(23-2)11(16)6-12(9)20-15(22)19-10-3-4-14-17-8-18-21(14)7-10/h5-6,8,10H,3-4,7H2,1-2H3,(H2,19,20,22)/t10-/m0/s1. The molecule has 1 aromatic carbocycles. The third kappa shape index (κ3) is 3.25. The Hall–Kier alpha value is -2.64. The summed E-state index contributed by atoms with van der Waals surface area (Å²) >= 11 is 0. The molecule has 1 atom stereocenters. The zero-order valence-corrected chi connectivity index (χ0v) is 13.0. The van der Waals surface area contributed by atoms with E-state index in [4.69, 9.17) is 4.74 Å². The lowest BCUT2D eigenvalue weighted by atomic mass is 10.1. The second-order valence-electron chi connectivity index (χ2n) is 5.49. The molecule has 1 aliphatic heterocycles. The lowest BCUT2D eigenvalue weighted by Crippen LogP contribution is -2.43. The number of aryl methyl sites for hydroxylation is 2. The Labute approximate surface area is 132 Å². The minimum atomic E-state index is -0.515. The molecule has 0 radical (unpaired) electrons. The van der Waals surface area contributed by atoms with Gasteiger partial charge in [0.1, 0.15) is 12.2 Å². The van der Waals surface area contributed by atoms with Gasteiger partial charge in [-0.05, 0) is 25.0 Å². The van der Waals surface area contributed by atoms with Crippen LogP contribution in [0.2, 0.25) is 0 Å². The third-order valence-corrected chi connectivity index (χ3v) is 3.89. The van der Waals surface area contributed by atoms with Crippen molar-refractivity contribution < 1.29 is 13.9 Å². The number of methoxy groups -OCH3 is 1. The normalized spacial score (nSPS) is 16.6. The molecule has 0 bridgehead atoms. The number of anilines is 1. The van der Waals surface area contributed by atoms with Crippen molar-refractivity contribution in [3.63, 3.8) is 0 Å². The average molecular weight is 319 g/mol. The highest BCUT2D eigenvalue weighted by molar-refractivity contribution is 5.90. The number of fused-ring (bicyclic) bond motifs is 1. The van der Waals surface area contributed by atoms with Crippen LogP contribution in [0.1, 0.15) is 17.8 Å². The molecule has 122 valence electrons. The number of hydrogen-bond acceptors (Lipinski definition) is 4. The first-order valence-corrected chi connectivity index (χ1v) is 7.35. The fourth-order valence-corrected chi connectivity index (χ4v) is 2.65. The molecule has 0 aliphatic carbocycles. The van der Waals surface area contributed by atoms with Gasteiger partial charge < -0.3 is 15.4 Å². The van der Waals surface area contributed by atoms with Crippen molar-refractivity contribution >= 4 is 11.7 Å². The number of amides is 2. The van der Waals surface area contributed by atoms with E-state index in [1.54, 1.807) is 17.7 Å². The lowest BCUT2D eigenvalue weighted by Gasteiger charge is -2.24. The van der Waals surface area contributed by atoms with Gasteiger partial charge in [0.25, 0.3) is 0 Å². The number of rotatable bonds is 3. The lowest BCUT2D eigenvalue weighted by molar-refractivity contribution is 0.243. The molecule has 0 fully saturated rings. The summed E-state index contributed by atoms with van der Waals surface area (Å²) in [5.74, 6) is 0.564. The molecule has 23 heavy (non-hydrogen) atoms. The molecule has 2 aromatic rings. The summed E-state index contributed by atoms with van der Waals surface area (Å²) in [6.07, 6.45) is 3.07. The van der Waals surface area contributed by atoms with E-state index in [-0.39, 0.29) is 17.8 Å². The highest BCUT2D eigenvalue weighted by Crippen LogP contribution is 2.25. The third-order valence-electron chi connectivity index (χ3n) is 3.89. The van der Waals surface area contributed by atoms with Gasteiger partial charge in [-0.2, -0.15) is 5.10 Å². The molecule has 1 aliphatic rings. The van der Waals surface area contributed by atoms with Gasteiger partial charge in [0.2, 0.25) is 0 Å². The Bertz CT molecular complexity index is 731. The minimum Gasteiger partial charge on any atom is -0.494 e. The topological polar surface area (TPSA) is 81.1 Å². The number of carbonyl (C=O) groups excluding carboxylic acids is 1. The van der Waals surface area contributed by atoms with E-state index in [2.05, 4.69) is 20.7 Å². The van der Waals surface area contributed by atoms with Gasteiger partial charge in [-0.25, -0.2) is 18.9 Å². The van der Waals surface area contributed by atoms with Crippen molar-refractivity contribution in [3.05, 3.63) is 35.7 Å². The van der Waals surface area contributed by atoms with Crippen LogP contribution in [0.5, 0.6) is 5.75 Å². The van der Waals surface area contributed by atoms with Gasteiger partial charge in [0.05, 0.1) is 19.7 Å². The summed E-state index contributed by atoms with van der Waals surface area (Å²) < 4.78 is 20.5. The van der Waals surface area contributed by atoms with E-state index in [0.29, 0.717) is 12.2 Å². The van der Waals surface area contributed by atoms with Crippen LogP contribution in [-0.4, -0.2) is 33.9 Å². The quantitative estimate of drug-likeness (QED) is 0.905. The van der Waals surface area contributed by atoms with Crippen LogP contribution in [0.25, 0.3) is 0 Å². The van der Waals surface area contributed by atoms with Gasteiger partial charge in [-0.15, -0.1) is 0 Å². The second-order valence-corrected chi connectivity index (χ2v) is 5.49. The number of hydrogen-bond donors (Lipinski definition) is 2. The summed E-state index contributed by atoms with van der Waals surface area (Å²) in [4.78, 5) is 16.3. The molecule has 0 saturated carbocycles. The summed E-state index contributed by atoms with van der Waals surface area (Å²) in [6, 6.07) is 2.40. The number of urea groups is 1. The molecule has 8 heteroatoms. The van der Waals surface area contributed by atoms with E-state index in [9.17, 15) is 9.18 Å². The monoisotopic (exact) mass is 319 g/mol. The van der Waals surface area contributed by atoms with Crippen LogP contribution < -0.4 is 15.4 Å². The molecule has 0 saturated heterocycles. The molecular weight excluding hydrogens is 301 g/mol. The van der Waals surface area contributed by atoms with Gasteiger partial charge in [0.15, 0.2) is 11.6 Å². The largest absolute Gasteiger partial charge is 0.494 e. The maximum atomic E-state index is 13.8. The Morgan fingerprint density at radius 1 is 1.48 bits per heavy atom. The number of nitrogens with zero attached hydrogens (tertiary/aromatic N) is 3. The fraction of sp³-hybridized carbons (Fsp3) is 0.400. The zero-order chi connectivity index (χ0) is 16.4. The second kappa shape index (κ2) is 6.23. The Morgan fingerprint density at radius 2 is 2.30 bits per heavy atom. The highest BCUT2D eigenvalue weighted by Gasteiger charge is 2.21. The van der Waals surface area contributed by atoms with Crippen molar-refractivity contribution in [2.45, 2.75) is 32.4 Å². The summed E-state index contributed by atoms with van der Waals surface area (Å²) in [5, 5.41) is 9.67. The number of aromatic nitrogens is 3. The maximum Gasteiger partial charge on any atom is 0.319 e. The van der Waals surface area contributed by atoms with Gasteiger partial charge in [0, 0.05) is 18.2 Å². The van der Waals surface area contributed by atoms with E-state index in [0.717, 1.165) is 24.2 Å². The van der Waals surface area contributed by atoms with Crippen molar-refractivity contribution in [2.75, 3.05) is 12.4 Å². The molecule has 3 rings (SSSR count). The van der Waals surface area contributed by atoms with Crippen molar-refractivity contribution in [3.8, 4) is 5.75 Å². The Balaban J connectivity index is 1.63. The highest BCUT2D eigenvalue weighted by atomic mass is 19.1. The molecule has 0 unspecified atom stereocenters. The Morgan fingerprint density at radius 3 is 3.09 bits per heavy atom. The van der Waals surface area contributed by atoms with Crippen LogP contribution in [0.3, 0.4) is 0 Å². The first-order chi connectivity index (χ1) is 11.1. The van der Waals surface area contributed by atoms with Gasteiger partial charge in [-0.1, -0.05) is 0 Å². The van der Waals surface area contributed by atoms with E-state index in [1.807, 2.05) is 0 Å². The Kier molecular flexibility index (Phi) is 4.14. The smallest absolute Gasteiger partial charge is 0.319 e. The number of ether oxygens (including phenoxy) is 1. The van der Waals surface area contributed by atoms with Crippen LogP contribution in [-0.2, 0) is 13.0 Å². The van der Waals surface area contributed by atoms with Crippen LogP contribution >= 0.6 is 0 Å². The first kappa shape index (κ1) is 15.3. The minimum absolute atomic E-state index is 0.0346. The van der Waals surface area contributed by atoms with Crippen LogP contribution in [0.4, 0.5) is 14.9 Å². The molecule has 7 nitrogen and oxygen atoms in total. The summed E-state index contributed by atoms with van der Waals surface area (Å²) in [5.41, 5.74) is 1.14. The zero-order valence-electron chi connectivity index (χ0n) is 13.0. The SMILES string of the molecule is COc1cc(C)c(NC(=O)N[C@H]2CCc3ncnn3C2)cc1F. The fourth-order valence-electron chi connectivity index (χ4n) is 2.65. The predicted molar refractivity (Wildman–Crippen MR) is 82.0 cm³/mol. The van der Waals surface area contributed by atoms with E-state index in [1.165, 1.54) is 19.5 Å². The van der Waals surface area contributed by atoms with E-state index >= 15 is 0 Å². The number of benzene rings is 1. The maximum absolute atomic E-state index is 13.8. The van der Waals surface area contributed by atoms with Crippen molar-refractivity contribution in [1.82, 2.24) is 20.1 Å². The van der Waals surface area contributed by atoms with E-state index < -0.39 is 5.82 Å². The number of halogens is 1. The number of carbonyl (C=O) groups is 1. The molecule has 2 amide bonds. The molecule has 1 aromatic heterocycles. The summed E-state index contributed by atoms with van der Waals surface area (Å²) in [7, 11) is 1.40. The van der Waals surface area contributed by atoms with Gasteiger partial charge >= 0.3 is 6.03 Å². The average Bonchev–Trinajstić information content (AvgIpc) is 2.98. The molecular formula is C15H18FN5O2. The van der Waals surface area contributed by atoms with Crippen molar-refractivity contribution in [1.29, 1.82) is 0 Å². The molecule has 0 spiro atoms. The predicted octanol–water partition coefficient (Wildman–Crippen LogP) is 1.87. The molecule has 2 N–H and O–H groups in total. The number of nitrogens with one attached hydrogen (secondary N) is 2. The first-order valence-electron chi connectivity index (χ1n) is 7.35. The van der Waals surface area contributed by atoms with Crippen molar-refractivity contribution in [2.24, 2.45) is 0 Å². The van der Waals surface area contributed by atoms with Crippen LogP contribution in [0, 0.1) is 12.7 Å².